The monoisotopic (exact) mass is 297 g/mol. The number of carboxylic acids is 1. The molecule has 0 saturated heterocycles. The molecule has 0 heterocycles. The molecule has 0 saturated carbocycles. The Kier molecular flexibility index (Phi) is 6.38. The summed E-state index contributed by atoms with van der Waals surface area (Å²) in [6, 6.07) is 9.31. The highest BCUT2D eigenvalue weighted by Gasteiger charge is 2.29. The first-order valence-electron chi connectivity index (χ1n) is 6.15. The standard InChI is InChI=1S/C14H19NO4S/c1-14(10-20-2,8-12(16)17)15-13(18)19-9-11-6-4-3-5-7-11/h3-7H,8-10H2,1-2H3,(H,15,18)(H,16,17). The fraction of sp³-hybridized carbons (Fsp3) is 0.429. The minimum Gasteiger partial charge on any atom is -0.481 e. The number of hydrogen-bond donors (Lipinski definition) is 2. The van der Waals surface area contributed by atoms with Crippen LogP contribution in [-0.4, -0.2) is 34.7 Å². The zero-order valence-electron chi connectivity index (χ0n) is 11.6. The molecule has 0 aromatic heterocycles. The lowest BCUT2D eigenvalue weighted by molar-refractivity contribution is -0.138. The SMILES string of the molecule is CSCC(C)(CC(=O)O)NC(=O)OCc1ccccc1. The van der Waals surface area contributed by atoms with Crippen molar-refractivity contribution < 1.29 is 19.4 Å². The molecule has 20 heavy (non-hydrogen) atoms. The molecule has 1 unspecified atom stereocenters. The van der Waals surface area contributed by atoms with Crippen LogP contribution in [0.4, 0.5) is 4.79 Å². The molecule has 0 aliphatic rings. The molecule has 1 aromatic carbocycles. The Hall–Kier alpha value is -1.69. The number of carboxylic acid groups (broad SMARTS) is 1. The molecular formula is C14H19NO4S. The molecule has 0 fully saturated rings. The molecule has 5 nitrogen and oxygen atoms in total. The quantitative estimate of drug-likeness (QED) is 0.808. The van der Waals surface area contributed by atoms with E-state index >= 15 is 0 Å². The van der Waals surface area contributed by atoms with Crippen LogP contribution in [-0.2, 0) is 16.1 Å². The maximum absolute atomic E-state index is 11.8. The Balaban J connectivity index is 2.51. The van der Waals surface area contributed by atoms with Gasteiger partial charge >= 0.3 is 12.1 Å². The minimum atomic E-state index is -0.954. The van der Waals surface area contributed by atoms with E-state index in [4.69, 9.17) is 9.84 Å². The molecule has 0 radical (unpaired) electrons. The Bertz CT molecular complexity index is 452. The van der Waals surface area contributed by atoms with E-state index in [-0.39, 0.29) is 13.0 Å². The molecule has 0 spiro atoms. The molecule has 1 atom stereocenters. The van der Waals surface area contributed by atoms with Gasteiger partial charge in [-0.2, -0.15) is 11.8 Å². The van der Waals surface area contributed by atoms with E-state index in [0.29, 0.717) is 5.75 Å². The van der Waals surface area contributed by atoms with Gasteiger partial charge in [0, 0.05) is 5.75 Å². The van der Waals surface area contributed by atoms with Crippen LogP contribution in [0.15, 0.2) is 30.3 Å². The minimum absolute atomic E-state index is 0.145. The molecule has 0 aliphatic carbocycles. The zero-order valence-corrected chi connectivity index (χ0v) is 12.4. The van der Waals surface area contributed by atoms with Gasteiger partial charge in [0.1, 0.15) is 6.61 Å². The van der Waals surface area contributed by atoms with Gasteiger partial charge in [-0.3, -0.25) is 4.79 Å². The number of rotatable bonds is 7. The Morgan fingerprint density at radius 1 is 1.35 bits per heavy atom. The van der Waals surface area contributed by atoms with Gasteiger partial charge in [0.05, 0.1) is 12.0 Å². The van der Waals surface area contributed by atoms with Crippen molar-refractivity contribution in [2.45, 2.75) is 25.5 Å². The van der Waals surface area contributed by atoms with E-state index in [0.717, 1.165) is 5.56 Å². The number of benzene rings is 1. The van der Waals surface area contributed by atoms with Gasteiger partial charge in [-0.15, -0.1) is 0 Å². The van der Waals surface area contributed by atoms with E-state index in [1.54, 1.807) is 6.92 Å². The van der Waals surface area contributed by atoms with Gasteiger partial charge in [-0.1, -0.05) is 30.3 Å². The number of ether oxygens (including phenoxy) is 1. The van der Waals surface area contributed by atoms with Crippen molar-refractivity contribution in [1.82, 2.24) is 5.32 Å². The van der Waals surface area contributed by atoms with Crippen molar-refractivity contribution in [2.75, 3.05) is 12.0 Å². The first kappa shape index (κ1) is 16.4. The van der Waals surface area contributed by atoms with Crippen LogP contribution in [0.25, 0.3) is 0 Å². The molecular weight excluding hydrogens is 278 g/mol. The molecule has 1 amide bonds. The maximum Gasteiger partial charge on any atom is 0.407 e. The topological polar surface area (TPSA) is 75.6 Å². The summed E-state index contributed by atoms with van der Waals surface area (Å²) in [6.45, 7) is 1.86. The smallest absolute Gasteiger partial charge is 0.407 e. The lowest BCUT2D eigenvalue weighted by Crippen LogP contribution is -2.49. The highest BCUT2D eigenvalue weighted by molar-refractivity contribution is 7.98. The average Bonchev–Trinajstić information content (AvgIpc) is 2.36. The lowest BCUT2D eigenvalue weighted by atomic mass is 10.0. The van der Waals surface area contributed by atoms with Gasteiger partial charge in [0.25, 0.3) is 0 Å². The largest absolute Gasteiger partial charge is 0.481 e. The van der Waals surface area contributed by atoms with Crippen molar-refractivity contribution in [3.63, 3.8) is 0 Å². The maximum atomic E-state index is 11.8. The number of carbonyl (C=O) groups is 2. The van der Waals surface area contributed by atoms with Crippen molar-refractivity contribution in [2.24, 2.45) is 0 Å². The molecule has 2 N–H and O–H groups in total. The molecule has 1 aromatic rings. The third-order valence-corrected chi connectivity index (χ3v) is 3.55. The predicted octanol–water partition coefficient (Wildman–Crippen LogP) is 2.51. The van der Waals surface area contributed by atoms with E-state index < -0.39 is 17.6 Å². The Morgan fingerprint density at radius 2 is 2.00 bits per heavy atom. The normalized spacial score (nSPS) is 13.3. The summed E-state index contributed by atoms with van der Waals surface area (Å²) >= 11 is 1.47. The fourth-order valence-corrected chi connectivity index (χ4v) is 2.60. The number of thioether (sulfide) groups is 1. The summed E-state index contributed by atoms with van der Waals surface area (Å²) in [7, 11) is 0. The highest BCUT2D eigenvalue weighted by Crippen LogP contribution is 2.16. The molecule has 110 valence electrons. The molecule has 0 bridgehead atoms. The number of nitrogens with one attached hydrogen (secondary N) is 1. The van der Waals surface area contributed by atoms with Crippen molar-refractivity contribution in [3.8, 4) is 0 Å². The van der Waals surface area contributed by atoms with E-state index in [9.17, 15) is 9.59 Å². The number of alkyl carbamates (subject to hydrolysis) is 1. The first-order valence-corrected chi connectivity index (χ1v) is 7.54. The third-order valence-electron chi connectivity index (χ3n) is 2.62. The molecule has 6 heteroatoms. The van der Waals surface area contributed by atoms with Gasteiger partial charge < -0.3 is 15.2 Å². The second-order valence-electron chi connectivity index (χ2n) is 4.75. The van der Waals surface area contributed by atoms with Crippen LogP contribution in [0.3, 0.4) is 0 Å². The lowest BCUT2D eigenvalue weighted by Gasteiger charge is -2.27. The van der Waals surface area contributed by atoms with Crippen molar-refractivity contribution >= 4 is 23.8 Å². The molecule has 1 rings (SSSR count). The van der Waals surface area contributed by atoms with Crippen LogP contribution in [0.1, 0.15) is 18.9 Å². The van der Waals surface area contributed by atoms with Crippen molar-refractivity contribution in [3.05, 3.63) is 35.9 Å². The second-order valence-corrected chi connectivity index (χ2v) is 5.62. The zero-order chi connectivity index (χ0) is 15.0. The first-order chi connectivity index (χ1) is 9.45. The van der Waals surface area contributed by atoms with Gasteiger partial charge in [-0.25, -0.2) is 4.79 Å². The third kappa shape index (κ3) is 5.97. The summed E-state index contributed by atoms with van der Waals surface area (Å²) in [4.78, 5) is 22.6. The second kappa shape index (κ2) is 7.79. The highest BCUT2D eigenvalue weighted by atomic mass is 32.2. The predicted molar refractivity (Wildman–Crippen MR) is 78.8 cm³/mol. The summed E-state index contributed by atoms with van der Waals surface area (Å²) in [5.41, 5.74) is 0.0615. The van der Waals surface area contributed by atoms with Crippen LogP contribution in [0.2, 0.25) is 0 Å². The van der Waals surface area contributed by atoms with Crippen LogP contribution < -0.4 is 5.32 Å². The number of hydrogen-bond acceptors (Lipinski definition) is 4. The van der Waals surface area contributed by atoms with Gasteiger partial charge in [0.15, 0.2) is 0 Å². The fourth-order valence-electron chi connectivity index (χ4n) is 1.79. The van der Waals surface area contributed by atoms with E-state index in [2.05, 4.69) is 5.32 Å². The summed E-state index contributed by atoms with van der Waals surface area (Å²) in [5, 5.41) is 11.5. The molecule has 0 aliphatic heterocycles. The summed E-state index contributed by atoms with van der Waals surface area (Å²) in [5.74, 6) is -0.454. The van der Waals surface area contributed by atoms with Gasteiger partial charge in [0.2, 0.25) is 0 Å². The Labute approximate surface area is 122 Å². The van der Waals surface area contributed by atoms with E-state index in [1.165, 1.54) is 11.8 Å². The Morgan fingerprint density at radius 3 is 2.55 bits per heavy atom. The number of carbonyl (C=O) groups excluding carboxylic acids is 1. The van der Waals surface area contributed by atoms with Crippen LogP contribution in [0.5, 0.6) is 0 Å². The average molecular weight is 297 g/mol. The summed E-state index contributed by atoms with van der Waals surface area (Å²) < 4.78 is 5.10. The van der Waals surface area contributed by atoms with E-state index in [1.807, 2.05) is 36.6 Å². The van der Waals surface area contributed by atoms with Crippen LogP contribution >= 0.6 is 11.8 Å². The number of amides is 1. The van der Waals surface area contributed by atoms with Gasteiger partial charge in [-0.05, 0) is 18.7 Å². The number of aliphatic carboxylic acids is 1. The summed E-state index contributed by atoms with van der Waals surface area (Å²) in [6.07, 6.45) is 1.11. The van der Waals surface area contributed by atoms with Crippen LogP contribution in [0, 0.1) is 0 Å². The van der Waals surface area contributed by atoms with Crippen molar-refractivity contribution in [1.29, 1.82) is 0 Å².